The van der Waals surface area contributed by atoms with Crippen LogP contribution in [0, 0.1) is 31.1 Å². The van der Waals surface area contributed by atoms with E-state index in [1.54, 1.807) is 52.2 Å². The van der Waals surface area contributed by atoms with E-state index in [0.717, 1.165) is 32.9 Å². The van der Waals surface area contributed by atoms with Gasteiger partial charge in [0.15, 0.2) is 0 Å². The molecular formula is C29H36N6O6. The summed E-state index contributed by atoms with van der Waals surface area (Å²) in [6.07, 6.45) is 3.78. The van der Waals surface area contributed by atoms with E-state index in [0.29, 0.717) is 17.8 Å². The van der Waals surface area contributed by atoms with Crippen LogP contribution in [0.25, 0.3) is 21.8 Å². The number of carbonyl (C=O) groups is 4. The monoisotopic (exact) mass is 564 g/mol. The zero-order valence-corrected chi connectivity index (χ0v) is 24.2. The van der Waals surface area contributed by atoms with Gasteiger partial charge in [-0.05, 0) is 68.5 Å². The number of hydrogen-bond acceptors (Lipinski definition) is 7. The van der Waals surface area contributed by atoms with Gasteiger partial charge in [-0.3, -0.25) is 29.4 Å². The third-order valence-corrected chi connectivity index (χ3v) is 7.32. The van der Waals surface area contributed by atoms with E-state index in [2.05, 4.69) is 31.0 Å². The zero-order valence-electron chi connectivity index (χ0n) is 24.2. The van der Waals surface area contributed by atoms with Crippen LogP contribution in [0.15, 0.2) is 36.7 Å². The molecule has 218 valence electrons. The average molecular weight is 565 g/mol. The lowest BCUT2D eigenvalue weighted by Gasteiger charge is -2.24. The number of hydrogen-bond donors (Lipinski definition) is 5. The number of nitrogens with zero attached hydrogens (tertiary/aromatic N) is 2. The summed E-state index contributed by atoms with van der Waals surface area (Å²) in [6, 6.07) is 7.25. The number of carboxylic acids is 1. The highest BCUT2D eigenvalue weighted by Crippen LogP contribution is 2.29. The van der Waals surface area contributed by atoms with Crippen molar-refractivity contribution < 1.29 is 29.0 Å². The minimum Gasteiger partial charge on any atom is -0.481 e. The van der Waals surface area contributed by atoms with Gasteiger partial charge >= 0.3 is 11.9 Å². The summed E-state index contributed by atoms with van der Waals surface area (Å²) in [7, 11) is 1.28. The van der Waals surface area contributed by atoms with Crippen molar-refractivity contribution in [3.8, 4) is 0 Å². The molecule has 0 spiro atoms. The number of benzene rings is 2. The summed E-state index contributed by atoms with van der Waals surface area (Å²) in [4.78, 5) is 47.6. The summed E-state index contributed by atoms with van der Waals surface area (Å²) in [5.74, 6) is -3.87. The number of methoxy groups -OCH3 is 1. The van der Waals surface area contributed by atoms with E-state index in [1.807, 2.05) is 26.0 Å². The Balaban J connectivity index is 0.000000226. The molecule has 4 rings (SSSR count). The minimum absolute atomic E-state index is 0.274. The maximum Gasteiger partial charge on any atom is 0.321 e. The first kappa shape index (κ1) is 30.8. The van der Waals surface area contributed by atoms with Crippen molar-refractivity contribution in [1.82, 2.24) is 20.4 Å². The second-order valence-corrected chi connectivity index (χ2v) is 10.3. The maximum absolute atomic E-state index is 12.5. The molecule has 0 radical (unpaired) electrons. The van der Waals surface area contributed by atoms with E-state index in [4.69, 9.17) is 9.84 Å². The zero-order chi connectivity index (χ0) is 30.5. The van der Waals surface area contributed by atoms with E-state index in [9.17, 15) is 19.2 Å². The van der Waals surface area contributed by atoms with E-state index in [1.165, 1.54) is 7.11 Å². The molecule has 2 atom stereocenters. The summed E-state index contributed by atoms with van der Waals surface area (Å²) >= 11 is 0. The number of ether oxygens (including phenoxy) is 1. The van der Waals surface area contributed by atoms with Gasteiger partial charge in [-0.25, -0.2) is 0 Å². The van der Waals surface area contributed by atoms with Gasteiger partial charge in [0.2, 0.25) is 11.8 Å². The Morgan fingerprint density at radius 1 is 0.927 bits per heavy atom. The van der Waals surface area contributed by atoms with Crippen LogP contribution in [0.2, 0.25) is 0 Å². The largest absolute Gasteiger partial charge is 0.481 e. The van der Waals surface area contributed by atoms with Crippen molar-refractivity contribution >= 4 is 56.9 Å². The number of aromatic amines is 2. The highest BCUT2D eigenvalue weighted by Gasteiger charge is 2.40. The third-order valence-electron chi connectivity index (χ3n) is 7.32. The number of esters is 1. The summed E-state index contributed by atoms with van der Waals surface area (Å²) in [5, 5.41) is 30.2. The number of aliphatic carboxylic acids is 1. The van der Waals surface area contributed by atoms with Crippen molar-refractivity contribution in [1.29, 1.82) is 0 Å². The molecule has 0 fully saturated rings. The molecule has 0 bridgehead atoms. The fraction of sp³-hybridized carbons (Fsp3) is 0.379. The number of carboxylic acid groups (broad SMARTS) is 1. The Morgan fingerprint density at radius 2 is 1.41 bits per heavy atom. The van der Waals surface area contributed by atoms with Crippen LogP contribution in [0.1, 0.15) is 45.2 Å². The Labute approximate surface area is 237 Å². The number of amides is 2. The Kier molecular flexibility index (Phi) is 9.48. The van der Waals surface area contributed by atoms with Crippen molar-refractivity contribution in [3.05, 3.63) is 47.8 Å². The van der Waals surface area contributed by atoms with Crippen molar-refractivity contribution in [2.75, 3.05) is 17.7 Å². The molecule has 2 amide bonds. The highest BCUT2D eigenvalue weighted by molar-refractivity contribution is 6.09. The number of rotatable bonds is 8. The van der Waals surface area contributed by atoms with Gasteiger partial charge < -0.3 is 20.5 Å². The van der Waals surface area contributed by atoms with Gasteiger partial charge in [0, 0.05) is 22.1 Å². The average Bonchev–Trinajstić information content (AvgIpc) is 3.61. The van der Waals surface area contributed by atoms with Gasteiger partial charge in [0.1, 0.15) is 11.3 Å². The molecule has 0 saturated carbocycles. The summed E-state index contributed by atoms with van der Waals surface area (Å²) < 4.78 is 4.74. The lowest BCUT2D eigenvalue weighted by atomic mass is 9.86. The molecule has 0 saturated heterocycles. The van der Waals surface area contributed by atoms with Gasteiger partial charge in [0.25, 0.3) is 0 Å². The number of anilines is 2. The van der Waals surface area contributed by atoms with E-state index < -0.39 is 29.2 Å². The number of aromatic nitrogens is 4. The highest BCUT2D eigenvalue weighted by atomic mass is 16.5. The molecule has 12 nitrogen and oxygen atoms in total. The first-order valence-electron chi connectivity index (χ1n) is 13.1. The molecular weight excluding hydrogens is 528 g/mol. The number of fused-ring (bicyclic) bond motifs is 2. The quantitative estimate of drug-likeness (QED) is 0.152. The third kappa shape index (κ3) is 6.37. The lowest BCUT2D eigenvalue weighted by molar-refractivity contribution is -0.156. The number of carbonyl (C=O) groups excluding carboxylic acids is 3. The van der Waals surface area contributed by atoms with Gasteiger partial charge in [-0.1, -0.05) is 20.8 Å². The topological polar surface area (TPSA) is 179 Å². The van der Waals surface area contributed by atoms with Crippen LogP contribution >= 0.6 is 0 Å². The fourth-order valence-electron chi connectivity index (χ4n) is 4.37. The first-order valence-corrected chi connectivity index (χ1v) is 13.1. The molecule has 2 aromatic carbocycles. The molecule has 2 unspecified atom stereocenters. The van der Waals surface area contributed by atoms with Crippen LogP contribution in [-0.4, -0.2) is 56.4 Å². The minimum atomic E-state index is -1.20. The molecule has 0 aliphatic heterocycles. The Morgan fingerprint density at radius 3 is 1.83 bits per heavy atom. The SMILES string of the molecule is CCC(C)(C(=O)Nc1ccc2cn[nH]c2c1C)C(=O)OC.Cc1c(NC(=O)C(C(=O)O)C(C)C)ccc2cn[nH]c12. The summed E-state index contributed by atoms with van der Waals surface area (Å²) in [5.41, 5.74) is 3.45. The van der Waals surface area contributed by atoms with E-state index >= 15 is 0 Å². The normalized spacial score (nSPS) is 13.2. The maximum atomic E-state index is 12.5. The van der Waals surface area contributed by atoms with Crippen molar-refractivity contribution in [2.24, 2.45) is 17.3 Å². The molecule has 5 N–H and O–H groups in total. The molecule has 12 heteroatoms. The lowest BCUT2D eigenvalue weighted by Crippen LogP contribution is -2.41. The van der Waals surface area contributed by atoms with Crippen LogP contribution < -0.4 is 10.6 Å². The molecule has 4 aromatic rings. The van der Waals surface area contributed by atoms with E-state index in [-0.39, 0.29) is 11.8 Å². The predicted molar refractivity (Wildman–Crippen MR) is 155 cm³/mol. The second-order valence-electron chi connectivity index (χ2n) is 10.3. The van der Waals surface area contributed by atoms with Gasteiger partial charge in [0.05, 0.1) is 30.5 Å². The van der Waals surface area contributed by atoms with Gasteiger partial charge in [-0.2, -0.15) is 10.2 Å². The Bertz CT molecular complexity index is 1590. The molecule has 2 heterocycles. The molecule has 41 heavy (non-hydrogen) atoms. The molecule has 2 aromatic heterocycles. The predicted octanol–water partition coefficient (Wildman–Crippen LogP) is 4.57. The van der Waals surface area contributed by atoms with Crippen LogP contribution in [0.5, 0.6) is 0 Å². The summed E-state index contributed by atoms with van der Waals surface area (Å²) in [6.45, 7) is 10.5. The fourth-order valence-corrected chi connectivity index (χ4v) is 4.37. The van der Waals surface area contributed by atoms with Crippen molar-refractivity contribution in [2.45, 2.75) is 48.0 Å². The van der Waals surface area contributed by atoms with Crippen LogP contribution in [0.4, 0.5) is 11.4 Å². The number of nitrogens with one attached hydrogen (secondary N) is 4. The Hall–Kier alpha value is -4.74. The molecule has 0 aliphatic carbocycles. The van der Waals surface area contributed by atoms with Crippen LogP contribution in [-0.2, 0) is 23.9 Å². The van der Waals surface area contributed by atoms with Crippen LogP contribution in [0.3, 0.4) is 0 Å². The molecule has 0 aliphatic rings. The van der Waals surface area contributed by atoms with Crippen molar-refractivity contribution in [3.63, 3.8) is 0 Å². The number of H-pyrrole nitrogens is 2. The smallest absolute Gasteiger partial charge is 0.321 e. The number of aryl methyl sites for hydroxylation is 2. The second kappa shape index (κ2) is 12.6. The standard InChI is InChI=1S/C15H19N3O3.C14H17N3O3/c1-5-15(3,14(20)21-4)13(19)17-11-7-6-10-8-16-18-12(10)9(11)2;1-7(2)11(14(19)20)13(18)16-10-5-4-9-6-15-17-12(9)8(10)3/h6-8H,5H2,1-4H3,(H,16,18)(H,17,19);4-7,11H,1-3H3,(H,15,17)(H,16,18)(H,19,20). The first-order chi connectivity index (χ1) is 19.3. The van der Waals surface area contributed by atoms with Gasteiger partial charge in [-0.15, -0.1) is 0 Å².